The fourth-order valence-electron chi connectivity index (χ4n) is 2.62. The molecule has 1 heterocycles. The van der Waals surface area contributed by atoms with E-state index in [1.807, 2.05) is 60.8 Å². The molecule has 1 amide bonds. The van der Waals surface area contributed by atoms with Crippen LogP contribution in [0.25, 0.3) is 11.3 Å². The fourth-order valence-corrected chi connectivity index (χ4v) is 3.35. The number of aryl methyl sites for hydroxylation is 1. The number of nitrogens with zero attached hydrogens (tertiary/aromatic N) is 1. The van der Waals surface area contributed by atoms with Gasteiger partial charge in [-0.1, -0.05) is 24.3 Å². The van der Waals surface area contributed by atoms with Gasteiger partial charge in [-0.15, -0.1) is 11.3 Å². The average Bonchev–Trinajstić information content (AvgIpc) is 3.13. The van der Waals surface area contributed by atoms with E-state index in [1.165, 1.54) is 11.3 Å². The summed E-state index contributed by atoms with van der Waals surface area (Å²) in [6.07, 6.45) is 1.03. The maximum atomic E-state index is 12.1. The summed E-state index contributed by atoms with van der Waals surface area (Å²) >= 11 is 1.40. The van der Waals surface area contributed by atoms with Crippen LogP contribution in [0.3, 0.4) is 0 Å². The van der Waals surface area contributed by atoms with Crippen molar-refractivity contribution in [3.63, 3.8) is 0 Å². The standard InChI is InChI=1S/C21H22N2O3S/c1-15-7-5-8-16(13-15)26-12-6-11-20(24)23-21-22-18(14-27-21)17-9-3-4-10-19(17)25-2/h3-5,7-10,13-14H,6,11-12H2,1-2H3,(H,22,23,24). The molecule has 0 saturated heterocycles. The van der Waals surface area contributed by atoms with Crippen LogP contribution in [0.5, 0.6) is 11.5 Å². The van der Waals surface area contributed by atoms with Crippen molar-refractivity contribution in [2.45, 2.75) is 19.8 Å². The summed E-state index contributed by atoms with van der Waals surface area (Å²) in [5, 5.41) is 5.34. The summed E-state index contributed by atoms with van der Waals surface area (Å²) < 4.78 is 11.0. The summed E-state index contributed by atoms with van der Waals surface area (Å²) in [5.41, 5.74) is 2.85. The molecule has 0 aliphatic carbocycles. The van der Waals surface area contributed by atoms with Crippen LogP contribution in [0.4, 0.5) is 5.13 Å². The quantitative estimate of drug-likeness (QED) is 0.562. The molecule has 0 aliphatic rings. The van der Waals surface area contributed by atoms with Crippen molar-refractivity contribution >= 4 is 22.4 Å². The lowest BCUT2D eigenvalue weighted by Crippen LogP contribution is -2.12. The molecule has 3 aromatic rings. The number of hydrogen-bond acceptors (Lipinski definition) is 5. The van der Waals surface area contributed by atoms with Crippen LogP contribution >= 0.6 is 11.3 Å². The molecule has 0 bridgehead atoms. The zero-order chi connectivity index (χ0) is 19.1. The van der Waals surface area contributed by atoms with Gasteiger partial charge in [0.15, 0.2) is 5.13 Å². The van der Waals surface area contributed by atoms with Gasteiger partial charge in [0.25, 0.3) is 0 Å². The van der Waals surface area contributed by atoms with Crippen LogP contribution in [-0.2, 0) is 4.79 Å². The highest BCUT2D eigenvalue weighted by molar-refractivity contribution is 7.14. The number of amides is 1. The van der Waals surface area contributed by atoms with Crippen molar-refractivity contribution in [1.82, 2.24) is 4.98 Å². The Hall–Kier alpha value is -2.86. The van der Waals surface area contributed by atoms with Crippen LogP contribution in [0, 0.1) is 6.92 Å². The van der Waals surface area contributed by atoms with Crippen LogP contribution in [0.15, 0.2) is 53.9 Å². The molecule has 5 nitrogen and oxygen atoms in total. The molecule has 0 radical (unpaired) electrons. The Balaban J connectivity index is 1.48. The van der Waals surface area contributed by atoms with Crippen molar-refractivity contribution in [3.8, 4) is 22.8 Å². The number of carbonyl (C=O) groups is 1. The molecular formula is C21H22N2O3S. The molecule has 0 saturated carbocycles. The number of carbonyl (C=O) groups excluding carboxylic acids is 1. The minimum Gasteiger partial charge on any atom is -0.496 e. The number of rotatable bonds is 8. The lowest BCUT2D eigenvalue weighted by atomic mass is 10.1. The second-order valence-electron chi connectivity index (χ2n) is 6.05. The Bertz CT molecular complexity index is 908. The van der Waals surface area contributed by atoms with Crippen LogP contribution < -0.4 is 14.8 Å². The topological polar surface area (TPSA) is 60.5 Å². The van der Waals surface area contributed by atoms with E-state index in [-0.39, 0.29) is 5.91 Å². The molecule has 2 aromatic carbocycles. The Labute approximate surface area is 163 Å². The van der Waals surface area contributed by atoms with Crippen LogP contribution in [0.1, 0.15) is 18.4 Å². The zero-order valence-electron chi connectivity index (χ0n) is 15.4. The SMILES string of the molecule is COc1ccccc1-c1csc(NC(=O)CCCOc2cccc(C)c2)n1. The first-order chi connectivity index (χ1) is 13.2. The minimum absolute atomic E-state index is 0.0660. The van der Waals surface area contributed by atoms with E-state index < -0.39 is 0 Å². The fraction of sp³-hybridized carbons (Fsp3) is 0.238. The molecule has 0 fully saturated rings. The third-order valence-electron chi connectivity index (χ3n) is 3.94. The van der Waals surface area contributed by atoms with Gasteiger partial charge >= 0.3 is 0 Å². The first kappa shape index (κ1) is 18.9. The number of benzene rings is 2. The van der Waals surface area contributed by atoms with Gasteiger partial charge in [0.1, 0.15) is 11.5 Å². The predicted molar refractivity (Wildman–Crippen MR) is 109 cm³/mol. The van der Waals surface area contributed by atoms with Gasteiger partial charge in [-0.2, -0.15) is 0 Å². The van der Waals surface area contributed by atoms with E-state index in [4.69, 9.17) is 9.47 Å². The lowest BCUT2D eigenvalue weighted by Gasteiger charge is -2.07. The molecule has 6 heteroatoms. The molecule has 0 aliphatic heterocycles. The van der Waals surface area contributed by atoms with E-state index >= 15 is 0 Å². The number of thiazole rings is 1. The Morgan fingerprint density at radius 2 is 2.04 bits per heavy atom. The number of nitrogens with one attached hydrogen (secondary N) is 1. The normalized spacial score (nSPS) is 10.4. The van der Waals surface area contributed by atoms with E-state index in [1.54, 1.807) is 7.11 Å². The van der Waals surface area contributed by atoms with Gasteiger partial charge in [0, 0.05) is 17.4 Å². The number of para-hydroxylation sites is 1. The second-order valence-corrected chi connectivity index (χ2v) is 6.91. The summed E-state index contributed by atoms with van der Waals surface area (Å²) in [6.45, 7) is 2.52. The summed E-state index contributed by atoms with van der Waals surface area (Å²) in [6, 6.07) is 15.6. The molecule has 0 unspecified atom stereocenters. The average molecular weight is 382 g/mol. The van der Waals surface area contributed by atoms with E-state index in [0.29, 0.717) is 24.6 Å². The van der Waals surface area contributed by atoms with Crippen molar-refractivity contribution in [2.75, 3.05) is 19.0 Å². The van der Waals surface area contributed by atoms with Gasteiger partial charge in [-0.25, -0.2) is 4.98 Å². The second kappa shape index (κ2) is 9.19. The summed E-state index contributed by atoms with van der Waals surface area (Å²) in [4.78, 5) is 16.6. The van der Waals surface area contributed by atoms with Gasteiger partial charge in [-0.05, 0) is 43.2 Å². The number of hydrogen-bond donors (Lipinski definition) is 1. The van der Waals surface area contributed by atoms with E-state index in [9.17, 15) is 4.79 Å². The Kier molecular flexibility index (Phi) is 6.44. The third kappa shape index (κ3) is 5.31. The highest BCUT2D eigenvalue weighted by atomic mass is 32.1. The highest BCUT2D eigenvalue weighted by Crippen LogP contribution is 2.31. The Morgan fingerprint density at radius 1 is 1.19 bits per heavy atom. The first-order valence-corrected chi connectivity index (χ1v) is 9.62. The molecular weight excluding hydrogens is 360 g/mol. The molecule has 0 atom stereocenters. The lowest BCUT2D eigenvalue weighted by molar-refractivity contribution is -0.116. The third-order valence-corrected chi connectivity index (χ3v) is 4.70. The number of methoxy groups -OCH3 is 1. The summed E-state index contributed by atoms with van der Waals surface area (Å²) in [5.74, 6) is 1.52. The van der Waals surface area contributed by atoms with Crippen molar-refractivity contribution in [2.24, 2.45) is 0 Å². The van der Waals surface area contributed by atoms with Gasteiger partial charge in [-0.3, -0.25) is 4.79 Å². The zero-order valence-corrected chi connectivity index (χ0v) is 16.2. The molecule has 27 heavy (non-hydrogen) atoms. The molecule has 1 aromatic heterocycles. The monoisotopic (exact) mass is 382 g/mol. The largest absolute Gasteiger partial charge is 0.496 e. The summed E-state index contributed by atoms with van der Waals surface area (Å²) in [7, 11) is 1.63. The van der Waals surface area contributed by atoms with Gasteiger partial charge < -0.3 is 14.8 Å². The number of ether oxygens (including phenoxy) is 2. The maximum absolute atomic E-state index is 12.1. The number of aromatic nitrogens is 1. The van der Waals surface area contributed by atoms with E-state index in [2.05, 4.69) is 10.3 Å². The maximum Gasteiger partial charge on any atom is 0.226 e. The van der Waals surface area contributed by atoms with Crippen LogP contribution in [0.2, 0.25) is 0 Å². The highest BCUT2D eigenvalue weighted by Gasteiger charge is 2.11. The predicted octanol–water partition coefficient (Wildman–Crippen LogP) is 4.92. The molecule has 140 valence electrons. The smallest absolute Gasteiger partial charge is 0.226 e. The first-order valence-electron chi connectivity index (χ1n) is 8.74. The minimum atomic E-state index is -0.0660. The van der Waals surface area contributed by atoms with Gasteiger partial charge in [0.2, 0.25) is 5.91 Å². The molecule has 3 rings (SSSR count). The van der Waals surface area contributed by atoms with Crippen molar-refractivity contribution in [3.05, 3.63) is 59.5 Å². The van der Waals surface area contributed by atoms with Crippen molar-refractivity contribution < 1.29 is 14.3 Å². The Morgan fingerprint density at radius 3 is 2.85 bits per heavy atom. The van der Waals surface area contributed by atoms with Crippen LogP contribution in [-0.4, -0.2) is 24.6 Å². The number of anilines is 1. The van der Waals surface area contributed by atoms with Crippen molar-refractivity contribution in [1.29, 1.82) is 0 Å². The molecule has 0 spiro atoms. The molecule has 1 N–H and O–H groups in total. The van der Waals surface area contributed by atoms with E-state index in [0.717, 1.165) is 28.3 Å². The van der Waals surface area contributed by atoms with Gasteiger partial charge in [0.05, 0.1) is 19.4 Å².